The lowest BCUT2D eigenvalue weighted by atomic mass is 9.91. The third kappa shape index (κ3) is 4.47. The first-order valence-corrected chi connectivity index (χ1v) is 7.37. The smallest absolute Gasteiger partial charge is 0.320 e. The van der Waals surface area contributed by atoms with Crippen LogP contribution in [0.1, 0.15) is 24.8 Å². The predicted molar refractivity (Wildman–Crippen MR) is 79.7 cm³/mol. The fourth-order valence-electron chi connectivity index (χ4n) is 2.80. The second kappa shape index (κ2) is 7.07. The Balaban J connectivity index is 1.87. The number of aliphatic carboxylic acids is 1. The van der Waals surface area contributed by atoms with Crippen molar-refractivity contribution >= 4 is 17.6 Å². The summed E-state index contributed by atoms with van der Waals surface area (Å²) in [5.41, 5.74) is 6.86. The van der Waals surface area contributed by atoms with Crippen LogP contribution < -0.4 is 5.73 Å². The Morgan fingerprint density at radius 2 is 2.15 bits per heavy atom. The highest BCUT2D eigenvalue weighted by molar-refractivity contribution is 6.30. The van der Waals surface area contributed by atoms with Crippen LogP contribution in [-0.4, -0.2) is 35.1 Å². The molecule has 5 heteroatoms. The number of piperidine rings is 1. The van der Waals surface area contributed by atoms with E-state index in [1.54, 1.807) is 0 Å². The Hall–Kier alpha value is -1.10. The van der Waals surface area contributed by atoms with Gasteiger partial charge in [0.1, 0.15) is 6.04 Å². The highest BCUT2D eigenvalue weighted by Crippen LogP contribution is 2.22. The number of nitrogens with zero attached hydrogens (tertiary/aromatic N) is 1. The number of benzene rings is 1. The molecule has 110 valence electrons. The van der Waals surface area contributed by atoms with Gasteiger partial charge in [-0.3, -0.25) is 9.69 Å². The zero-order chi connectivity index (χ0) is 14.5. The Bertz CT molecular complexity index is 450. The minimum absolute atomic E-state index is 0.377. The Morgan fingerprint density at radius 3 is 2.80 bits per heavy atom. The van der Waals surface area contributed by atoms with Gasteiger partial charge in [0.25, 0.3) is 0 Å². The molecule has 4 nitrogen and oxygen atoms in total. The van der Waals surface area contributed by atoms with Gasteiger partial charge in [-0.1, -0.05) is 23.7 Å². The van der Waals surface area contributed by atoms with Crippen LogP contribution in [0.5, 0.6) is 0 Å². The van der Waals surface area contributed by atoms with E-state index in [-0.39, 0.29) is 0 Å². The SMILES string of the molecule is NC(CC1CCCN(Cc2ccc(Cl)cc2)C1)C(=O)O. The molecule has 1 saturated heterocycles. The van der Waals surface area contributed by atoms with Gasteiger partial charge < -0.3 is 10.8 Å². The van der Waals surface area contributed by atoms with Gasteiger partial charge in [-0.25, -0.2) is 0 Å². The normalized spacial score (nSPS) is 21.6. The topological polar surface area (TPSA) is 66.6 Å². The van der Waals surface area contributed by atoms with Crippen LogP contribution in [0.3, 0.4) is 0 Å². The summed E-state index contributed by atoms with van der Waals surface area (Å²) in [5.74, 6) is -0.526. The third-order valence-electron chi connectivity index (χ3n) is 3.83. The first kappa shape index (κ1) is 15.3. The van der Waals surface area contributed by atoms with E-state index >= 15 is 0 Å². The molecule has 1 fully saturated rings. The van der Waals surface area contributed by atoms with Crippen LogP contribution in [-0.2, 0) is 11.3 Å². The molecule has 20 heavy (non-hydrogen) atoms. The van der Waals surface area contributed by atoms with Crippen molar-refractivity contribution in [2.24, 2.45) is 11.7 Å². The largest absolute Gasteiger partial charge is 0.480 e. The lowest BCUT2D eigenvalue weighted by Crippen LogP contribution is -2.39. The van der Waals surface area contributed by atoms with E-state index in [2.05, 4.69) is 4.90 Å². The minimum atomic E-state index is -0.903. The van der Waals surface area contributed by atoms with E-state index in [4.69, 9.17) is 22.4 Å². The Labute approximate surface area is 124 Å². The first-order chi connectivity index (χ1) is 9.54. The predicted octanol–water partition coefficient (Wildman–Crippen LogP) is 2.35. The molecule has 1 aliphatic heterocycles. The van der Waals surface area contributed by atoms with Gasteiger partial charge in [0.15, 0.2) is 0 Å². The lowest BCUT2D eigenvalue weighted by molar-refractivity contribution is -0.139. The minimum Gasteiger partial charge on any atom is -0.480 e. The summed E-state index contributed by atoms with van der Waals surface area (Å²) < 4.78 is 0. The second-order valence-electron chi connectivity index (χ2n) is 5.55. The monoisotopic (exact) mass is 296 g/mol. The van der Waals surface area contributed by atoms with Gasteiger partial charge in [0.05, 0.1) is 0 Å². The van der Waals surface area contributed by atoms with Crippen molar-refractivity contribution < 1.29 is 9.90 Å². The van der Waals surface area contributed by atoms with Crippen molar-refractivity contribution in [1.29, 1.82) is 0 Å². The average Bonchev–Trinajstić information content (AvgIpc) is 2.42. The Morgan fingerprint density at radius 1 is 1.45 bits per heavy atom. The molecule has 0 bridgehead atoms. The maximum absolute atomic E-state index is 10.8. The van der Waals surface area contributed by atoms with E-state index < -0.39 is 12.0 Å². The van der Waals surface area contributed by atoms with Gasteiger partial charge in [-0.2, -0.15) is 0 Å². The lowest BCUT2D eigenvalue weighted by Gasteiger charge is -2.33. The summed E-state index contributed by atoms with van der Waals surface area (Å²) in [6, 6.07) is 7.14. The summed E-state index contributed by atoms with van der Waals surface area (Å²) in [6.07, 6.45) is 2.73. The molecule has 0 radical (unpaired) electrons. The van der Waals surface area contributed by atoms with Crippen LogP contribution in [0.4, 0.5) is 0 Å². The van der Waals surface area contributed by atoms with Crippen molar-refractivity contribution in [1.82, 2.24) is 4.90 Å². The molecule has 1 aliphatic rings. The molecule has 1 aromatic carbocycles. The van der Waals surface area contributed by atoms with Crippen LogP contribution in [0.15, 0.2) is 24.3 Å². The van der Waals surface area contributed by atoms with E-state index in [0.29, 0.717) is 12.3 Å². The number of carboxylic acids is 1. The van der Waals surface area contributed by atoms with E-state index in [1.807, 2.05) is 24.3 Å². The van der Waals surface area contributed by atoms with Gasteiger partial charge in [-0.05, 0) is 49.4 Å². The molecule has 0 amide bonds. The molecule has 3 N–H and O–H groups in total. The molecule has 2 unspecified atom stereocenters. The number of likely N-dealkylation sites (tertiary alicyclic amines) is 1. The molecule has 1 aromatic rings. The zero-order valence-corrected chi connectivity index (χ0v) is 12.2. The number of rotatable bonds is 5. The maximum atomic E-state index is 10.8. The second-order valence-corrected chi connectivity index (χ2v) is 5.99. The number of carbonyl (C=O) groups is 1. The van der Waals surface area contributed by atoms with Crippen molar-refractivity contribution in [2.45, 2.75) is 31.8 Å². The van der Waals surface area contributed by atoms with Crippen molar-refractivity contribution in [2.75, 3.05) is 13.1 Å². The van der Waals surface area contributed by atoms with E-state index in [0.717, 1.165) is 37.5 Å². The molecule has 0 saturated carbocycles. The zero-order valence-electron chi connectivity index (χ0n) is 11.5. The summed E-state index contributed by atoms with van der Waals surface area (Å²) in [6.45, 7) is 2.86. The van der Waals surface area contributed by atoms with Gasteiger partial charge in [0, 0.05) is 18.1 Å². The summed E-state index contributed by atoms with van der Waals surface area (Å²) in [7, 11) is 0. The maximum Gasteiger partial charge on any atom is 0.320 e. The summed E-state index contributed by atoms with van der Waals surface area (Å²) in [5, 5.41) is 9.64. The molecule has 0 aliphatic carbocycles. The van der Waals surface area contributed by atoms with Crippen molar-refractivity contribution in [3.8, 4) is 0 Å². The highest BCUT2D eigenvalue weighted by atomic mass is 35.5. The van der Waals surface area contributed by atoms with Crippen molar-refractivity contribution in [3.63, 3.8) is 0 Å². The molecule has 2 rings (SSSR count). The molecule has 1 heterocycles. The number of nitrogens with two attached hydrogens (primary N) is 1. The summed E-state index contributed by atoms with van der Waals surface area (Å²) in [4.78, 5) is 13.2. The standard InChI is InChI=1S/C15H21ClN2O2/c16-13-5-3-11(4-6-13)9-18-7-1-2-12(10-18)8-14(17)15(19)20/h3-6,12,14H,1-2,7-10,17H2,(H,19,20). The molecular weight excluding hydrogens is 276 g/mol. The highest BCUT2D eigenvalue weighted by Gasteiger charge is 2.24. The Kier molecular flexibility index (Phi) is 5.40. The molecule has 2 atom stereocenters. The third-order valence-corrected chi connectivity index (χ3v) is 4.08. The quantitative estimate of drug-likeness (QED) is 0.875. The molecular formula is C15H21ClN2O2. The fraction of sp³-hybridized carbons (Fsp3) is 0.533. The van der Waals surface area contributed by atoms with E-state index in [9.17, 15) is 4.79 Å². The summed E-state index contributed by atoms with van der Waals surface area (Å²) >= 11 is 5.88. The number of hydrogen-bond donors (Lipinski definition) is 2. The molecule has 0 aromatic heterocycles. The number of halogens is 1. The van der Waals surface area contributed by atoms with Crippen molar-refractivity contribution in [3.05, 3.63) is 34.9 Å². The van der Waals surface area contributed by atoms with E-state index in [1.165, 1.54) is 5.56 Å². The van der Waals surface area contributed by atoms with Crippen LogP contribution in [0.2, 0.25) is 5.02 Å². The first-order valence-electron chi connectivity index (χ1n) is 7.00. The van der Waals surface area contributed by atoms with Crippen LogP contribution in [0.25, 0.3) is 0 Å². The van der Waals surface area contributed by atoms with Crippen LogP contribution >= 0.6 is 11.6 Å². The number of hydrogen-bond acceptors (Lipinski definition) is 3. The van der Waals surface area contributed by atoms with Gasteiger partial charge in [-0.15, -0.1) is 0 Å². The number of carboxylic acid groups (broad SMARTS) is 1. The fourth-order valence-corrected chi connectivity index (χ4v) is 2.92. The van der Waals surface area contributed by atoms with Crippen LogP contribution in [0, 0.1) is 5.92 Å². The van der Waals surface area contributed by atoms with Gasteiger partial charge in [0.2, 0.25) is 0 Å². The average molecular weight is 297 g/mol. The molecule has 0 spiro atoms. The van der Waals surface area contributed by atoms with Gasteiger partial charge >= 0.3 is 5.97 Å².